The van der Waals surface area contributed by atoms with E-state index in [1.54, 1.807) is 0 Å². The lowest BCUT2D eigenvalue weighted by molar-refractivity contribution is 0.153. The molecular formula is C21H41NO8P2. The van der Waals surface area contributed by atoms with Crippen LogP contribution < -0.4 is 5.73 Å². The Morgan fingerprint density at radius 2 is 1.53 bits per heavy atom. The Hall–Kier alpha value is -0.600. The standard InChI is InChI=1S/C20H34NO4P.CH4.H3O4P/c1-2-3-4-5-6-7-8-17-9-11-18(12-10-17)19-13-14-20(21,15-19)16-25-26(22,23)24;;1-5(2,3)4/h9-12,19H,2-8,13-16,21H2,1H3,(H2,22,23,24);1H4;(H3,1,2,3,4)/t19-,20-;;/m1../s1. The molecule has 0 aliphatic heterocycles. The van der Waals surface area contributed by atoms with Crippen molar-refractivity contribution >= 4 is 15.6 Å². The van der Waals surface area contributed by atoms with E-state index in [1.165, 1.54) is 49.7 Å². The average molecular weight is 498 g/mol. The van der Waals surface area contributed by atoms with Crippen molar-refractivity contribution in [3.05, 3.63) is 35.4 Å². The summed E-state index contributed by atoms with van der Waals surface area (Å²) in [4.78, 5) is 39.3. The van der Waals surface area contributed by atoms with Crippen LogP contribution >= 0.6 is 15.6 Å². The van der Waals surface area contributed by atoms with Gasteiger partial charge in [0.1, 0.15) is 0 Å². The number of phosphoric ester groups is 1. The van der Waals surface area contributed by atoms with Crippen LogP contribution in [0.25, 0.3) is 0 Å². The van der Waals surface area contributed by atoms with Gasteiger partial charge in [-0.05, 0) is 49.1 Å². The van der Waals surface area contributed by atoms with Crippen LogP contribution in [-0.4, -0.2) is 36.6 Å². The number of hydrogen-bond donors (Lipinski definition) is 6. The van der Waals surface area contributed by atoms with Crippen LogP contribution in [0.1, 0.15) is 89.2 Å². The average Bonchev–Trinajstić information content (AvgIpc) is 3.04. The second-order valence-electron chi connectivity index (χ2n) is 8.34. The largest absolute Gasteiger partial charge is 0.469 e. The molecule has 0 bridgehead atoms. The van der Waals surface area contributed by atoms with Gasteiger partial charge in [0.25, 0.3) is 0 Å². The third-order valence-corrected chi connectivity index (χ3v) is 5.90. The van der Waals surface area contributed by atoms with Gasteiger partial charge in [-0.3, -0.25) is 4.52 Å². The molecule has 0 unspecified atom stereocenters. The lowest BCUT2D eigenvalue weighted by atomic mass is 9.92. The number of hydrogen-bond acceptors (Lipinski definition) is 4. The van der Waals surface area contributed by atoms with Crippen LogP contribution in [0.5, 0.6) is 0 Å². The zero-order valence-electron chi connectivity index (χ0n) is 18.1. The van der Waals surface area contributed by atoms with Crippen molar-refractivity contribution in [1.82, 2.24) is 0 Å². The summed E-state index contributed by atoms with van der Waals surface area (Å²) in [5.74, 6) is 0.337. The van der Waals surface area contributed by atoms with Crippen LogP contribution in [0.4, 0.5) is 0 Å². The van der Waals surface area contributed by atoms with Gasteiger partial charge < -0.3 is 30.2 Å². The van der Waals surface area contributed by atoms with Crippen molar-refractivity contribution in [2.24, 2.45) is 5.73 Å². The fourth-order valence-corrected chi connectivity index (χ4v) is 4.28. The normalized spacial score (nSPS) is 20.9. The van der Waals surface area contributed by atoms with Gasteiger partial charge >= 0.3 is 15.6 Å². The number of rotatable bonds is 11. The van der Waals surface area contributed by atoms with Gasteiger partial charge in [0, 0.05) is 5.54 Å². The number of aryl methyl sites for hydroxylation is 1. The van der Waals surface area contributed by atoms with Crippen molar-refractivity contribution < 1.29 is 38.1 Å². The van der Waals surface area contributed by atoms with Crippen molar-refractivity contribution in [2.75, 3.05) is 6.61 Å². The molecule has 9 nitrogen and oxygen atoms in total. The maximum Gasteiger partial charge on any atom is 0.469 e. The lowest BCUT2D eigenvalue weighted by Gasteiger charge is -2.24. The smallest absolute Gasteiger partial charge is 0.323 e. The van der Waals surface area contributed by atoms with E-state index in [-0.39, 0.29) is 14.0 Å². The van der Waals surface area contributed by atoms with Crippen molar-refractivity contribution in [1.29, 1.82) is 0 Å². The molecule has 0 spiro atoms. The molecule has 1 saturated carbocycles. The molecule has 2 atom stereocenters. The van der Waals surface area contributed by atoms with Gasteiger partial charge in [0.05, 0.1) is 6.61 Å². The van der Waals surface area contributed by atoms with Crippen LogP contribution in [0.2, 0.25) is 0 Å². The second kappa shape index (κ2) is 14.6. The maximum absolute atomic E-state index is 10.9. The molecule has 2 rings (SSSR count). The minimum atomic E-state index is -4.64. The summed E-state index contributed by atoms with van der Waals surface area (Å²) >= 11 is 0. The summed E-state index contributed by atoms with van der Waals surface area (Å²) in [5.41, 5.74) is 8.27. The van der Waals surface area contributed by atoms with Crippen molar-refractivity contribution in [2.45, 2.75) is 90.0 Å². The summed E-state index contributed by atoms with van der Waals surface area (Å²) in [7, 11) is -9.10. The van der Waals surface area contributed by atoms with Crippen LogP contribution in [0.15, 0.2) is 24.3 Å². The highest BCUT2D eigenvalue weighted by Crippen LogP contribution is 2.43. The predicted molar refractivity (Wildman–Crippen MR) is 126 cm³/mol. The molecule has 1 aliphatic carbocycles. The number of phosphoric acid groups is 2. The van der Waals surface area contributed by atoms with E-state index in [1.807, 2.05) is 0 Å². The summed E-state index contributed by atoms with van der Waals surface area (Å²) in [5, 5.41) is 0. The highest BCUT2D eigenvalue weighted by Gasteiger charge is 2.38. The molecule has 1 aromatic rings. The first-order chi connectivity index (χ1) is 14.3. The first kappa shape index (κ1) is 31.4. The number of nitrogens with two attached hydrogens (primary N) is 1. The Balaban J connectivity index is 0.00000144. The Morgan fingerprint density at radius 3 is 2.06 bits per heavy atom. The minimum Gasteiger partial charge on any atom is -0.323 e. The quantitative estimate of drug-likeness (QED) is 0.192. The first-order valence-electron chi connectivity index (χ1n) is 10.7. The fourth-order valence-electron chi connectivity index (χ4n) is 3.85. The van der Waals surface area contributed by atoms with Crippen LogP contribution in [0, 0.1) is 0 Å². The van der Waals surface area contributed by atoms with E-state index in [2.05, 4.69) is 35.7 Å². The molecule has 1 aromatic carbocycles. The Labute approximate surface area is 191 Å². The molecule has 188 valence electrons. The molecule has 7 N–H and O–H groups in total. The van der Waals surface area contributed by atoms with E-state index >= 15 is 0 Å². The topological polar surface area (TPSA) is 171 Å². The molecule has 11 heteroatoms. The van der Waals surface area contributed by atoms with E-state index in [0.717, 1.165) is 19.3 Å². The van der Waals surface area contributed by atoms with Crippen LogP contribution in [-0.2, 0) is 20.1 Å². The van der Waals surface area contributed by atoms with Gasteiger partial charge in [-0.2, -0.15) is 0 Å². The second-order valence-corrected chi connectivity index (χ2v) is 10.6. The Bertz CT molecular complexity index is 726. The Kier molecular flexibility index (Phi) is 14.3. The molecule has 0 aromatic heterocycles. The highest BCUT2D eigenvalue weighted by molar-refractivity contribution is 7.46. The summed E-state index contributed by atoms with van der Waals surface area (Å²) < 4.78 is 24.4. The maximum atomic E-state index is 10.9. The van der Waals surface area contributed by atoms with E-state index in [0.29, 0.717) is 12.3 Å². The van der Waals surface area contributed by atoms with E-state index in [4.69, 9.17) is 34.8 Å². The summed E-state index contributed by atoms with van der Waals surface area (Å²) in [6.07, 6.45) is 11.4. The van der Waals surface area contributed by atoms with E-state index < -0.39 is 21.2 Å². The molecule has 1 aliphatic rings. The summed E-state index contributed by atoms with van der Waals surface area (Å²) in [6.45, 7) is 2.15. The molecule has 0 amide bonds. The molecule has 0 saturated heterocycles. The van der Waals surface area contributed by atoms with Gasteiger partial charge in [0.15, 0.2) is 0 Å². The zero-order chi connectivity index (χ0) is 23.5. The third-order valence-electron chi connectivity index (χ3n) is 5.43. The predicted octanol–water partition coefficient (Wildman–Crippen LogP) is 4.37. The Morgan fingerprint density at radius 1 is 1.00 bits per heavy atom. The van der Waals surface area contributed by atoms with Crippen molar-refractivity contribution in [3.8, 4) is 0 Å². The number of unbranched alkanes of at least 4 members (excludes halogenated alkanes) is 5. The van der Waals surface area contributed by atoms with Gasteiger partial charge in [-0.15, -0.1) is 0 Å². The number of benzene rings is 1. The lowest BCUT2D eigenvalue weighted by Crippen LogP contribution is -2.41. The van der Waals surface area contributed by atoms with Crippen LogP contribution in [0.3, 0.4) is 0 Å². The first-order valence-corrected chi connectivity index (χ1v) is 13.8. The third kappa shape index (κ3) is 15.3. The monoisotopic (exact) mass is 497 g/mol. The molecule has 0 heterocycles. The van der Waals surface area contributed by atoms with E-state index in [9.17, 15) is 4.57 Å². The molecule has 1 fully saturated rings. The van der Waals surface area contributed by atoms with Crippen molar-refractivity contribution in [3.63, 3.8) is 0 Å². The van der Waals surface area contributed by atoms with Gasteiger partial charge in [-0.1, -0.05) is 70.7 Å². The van der Waals surface area contributed by atoms with Gasteiger partial charge in [0.2, 0.25) is 0 Å². The SMILES string of the molecule is C.CCCCCCCCc1ccc([C@@H]2CC[C@](N)(COP(=O)(O)O)C2)cc1.O=P(O)(O)O. The van der Waals surface area contributed by atoms with Gasteiger partial charge in [-0.25, -0.2) is 9.13 Å². The molecule has 0 radical (unpaired) electrons. The summed E-state index contributed by atoms with van der Waals surface area (Å²) in [6, 6.07) is 8.80. The zero-order valence-corrected chi connectivity index (χ0v) is 19.9. The highest BCUT2D eigenvalue weighted by atomic mass is 31.2. The molecular weight excluding hydrogens is 456 g/mol. The fraction of sp³-hybridized carbons (Fsp3) is 0.714. The molecule has 32 heavy (non-hydrogen) atoms. The minimum absolute atomic E-state index is 0.